The van der Waals surface area contributed by atoms with E-state index < -0.39 is 11.5 Å². The third-order valence-corrected chi connectivity index (χ3v) is 4.81. The number of para-hydroxylation sites is 1. The molecule has 4 heteroatoms. The van der Waals surface area contributed by atoms with E-state index >= 15 is 0 Å². The maximum absolute atomic E-state index is 13.3. The quantitative estimate of drug-likeness (QED) is 0.739. The molecule has 2 aromatic carbocycles. The van der Waals surface area contributed by atoms with Crippen LogP contribution in [-0.2, 0) is 20.7 Å². The smallest absolute Gasteiger partial charge is 0.307 e. The maximum atomic E-state index is 13.3. The van der Waals surface area contributed by atoms with Crippen molar-refractivity contribution in [2.45, 2.75) is 52.2 Å². The standard InChI is InChI=1S/C23H27NO3/c1-16(17-10-6-5-7-11-17)24-20-13-9-8-12-18(20)14-19(22(24)26)15-21(25)27-23(2,3)4/h5-13,16,19H,14-15H2,1-4H3/t16-,19?/m0/s1. The first kappa shape index (κ1) is 19.2. The number of ether oxygens (including phenoxy) is 1. The summed E-state index contributed by atoms with van der Waals surface area (Å²) in [6, 6.07) is 17.8. The molecular weight excluding hydrogens is 338 g/mol. The summed E-state index contributed by atoms with van der Waals surface area (Å²) in [7, 11) is 0. The largest absolute Gasteiger partial charge is 0.460 e. The van der Waals surface area contributed by atoms with Crippen molar-refractivity contribution in [1.29, 1.82) is 0 Å². The van der Waals surface area contributed by atoms with Gasteiger partial charge in [-0.05, 0) is 51.3 Å². The lowest BCUT2D eigenvalue weighted by atomic mass is 9.87. The lowest BCUT2D eigenvalue weighted by molar-refractivity contribution is -0.157. The van der Waals surface area contributed by atoms with Crippen molar-refractivity contribution in [3.05, 3.63) is 65.7 Å². The van der Waals surface area contributed by atoms with Crippen LogP contribution < -0.4 is 4.90 Å². The van der Waals surface area contributed by atoms with Gasteiger partial charge < -0.3 is 9.64 Å². The molecule has 0 aliphatic carbocycles. The molecular formula is C23H27NO3. The van der Waals surface area contributed by atoms with Crippen LogP contribution in [0.4, 0.5) is 5.69 Å². The molecule has 0 saturated heterocycles. The summed E-state index contributed by atoms with van der Waals surface area (Å²) in [4.78, 5) is 27.5. The van der Waals surface area contributed by atoms with Gasteiger partial charge in [-0.15, -0.1) is 0 Å². The van der Waals surface area contributed by atoms with Gasteiger partial charge in [0.2, 0.25) is 5.91 Å². The first-order valence-electron chi connectivity index (χ1n) is 9.44. The van der Waals surface area contributed by atoms with E-state index in [9.17, 15) is 9.59 Å². The van der Waals surface area contributed by atoms with E-state index in [-0.39, 0.29) is 24.3 Å². The Morgan fingerprint density at radius 1 is 1.11 bits per heavy atom. The number of benzene rings is 2. The molecule has 0 radical (unpaired) electrons. The molecule has 2 aromatic rings. The van der Waals surface area contributed by atoms with Crippen LogP contribution in [0.25, 0.3) is 0 Å². The third-order valence-electron chi connectivity index (χ3n) is 4.81. The van der Waals surface area contributed by atoms with Gasteiger partial charge in [0.25, 0.3) is 0 Å². The number of amides is 1. The zero-order chi connectivity index (χ0) is 19.6. The monoisotopic (exact) mass is 365 g/mol. The van der Waals surface area contributed by atoms with Crippen molar-refractivity contribution < 1.29 is 14.3 Å². The maximum Gasteiger partial charge on any atom is 0.307 e. The molecule has 2 atom stereocenters. The van der Waals surface area contributed by atoms with Gasteiger partial charge in [-0.3, -0.25) is 9.59 Å². The fourth-order valence-electron chi connectivity index (χ4n) is 3.61. The number of carbonyl (C=O) groups excluding carboxylic acids is 2. The molecule has 27 heavy (non-hydrogen) atoms. The topological polar surface area (TPSA) is 46.6 Å². The molecule has 0 saturated carbocycles. The Hall–Kier alpha value is -2.62. The molecule has 0 fully saturated rings. The Morgan fingerprint density at radius 2 is 1.74 bits per heavy atom. The van der Waals surface area contributed by atoms with E-state index in [1.165, 1.54) is 0 Å². The van der Waals surface area contributed by atoms with E-state index in [0.29, 0.717) is 6.42 Å². The predicted molar refractivity (Wildman–Crippen MR) is 106 cm³/mol. The van der Waals surface area contributed by atoms with Crippen LogP contribution in [-0.4, -0.2) is 17.5 Å². The van der Waals surface area contributed by atoms with E-state index in [2.05, 4.69) is 0 Å². The zero-order valence-electron chi connectivity index (χ0n) is 16.4. The van der Waals surface area contributed by atoms with Gasteiger partial charge in [0.15, 0.2) is 0 Å². The van der Waals surface area contributed by atoms with E-state index in [4.69, 9.17) is 4.74 Å². The van der Waals surface area contributed by atoms with Crippen molar-refractivity contribution in [3.63, 3.8) is 0 Å². The van der Waals surface area contributed by atoms with Crippen molar-refractivity contribution in [2.75, 3.05) is 4.90 Å². The fourth-order valence-corrected chi connectivity index (χ4v) is 3.61. The summed E-state index contributed by atoms with van der Waals surface area (Å²) in [5.41, 5.74) is 2.54. The van der Waals surface area contributed by atoms with Gasteiger partial charge in [-0.1, -0.05) is 48.5 Å². The Morgan fingerprint density at radius 3 is 2.41 bits per heavy atom. The minimum Gasteiger partial charge on any atom is -0.460 e. The summed E-state index contributed by atoms with van der Waals surface area (Å²) < 4.78 is 5.45. The number of anilines is 1. The number of rotatable bonds is 4. The molecule has 0 spiro atoms. The van der Waals surface area contributed by atoms with Gasteiger partial charge in [-0.2, -0.15) is 0 Å². The van der Waals surface area contributed by atoms with E-state index in [1.54, 1.807) is 0 Å². The van der Waals surface area contributed by atoms with Crippen molar-refractivity contribution in [2.24, 2.45) is 5.92 Å². The van der Waals surface area contributed by atoms with Gasteiger partial charge in [0.1, 0.15) is 5.60 Å². The van der Waals surface area contributed by atoms with E-state index in [1.807, 2.05) is 87.2 Å². The first-order chi connectivity index (χ1) is 12.8. The second kappa shape index (κ2) is 7.55. The number of hydrogen-bond donors (Lipinski definition) is 0. The SMILES string of the molecule is C[C@@H](c1ccccc1)N1C(=O)C(CC(=O)OC(C)(C)C)Cc2ccccc21. The highest BCUT2D eigenvalue weighted by Gasteiger charge is 2.37. The van der Waals surface area contributed by atoms with Gasteiger partial charge in [0, 0.05) is 5.69 Å². The second-order valence-corrected chi connectivity index (χ2v) is 8.12. The molecule has 1 unspecified atom stereocenters. The van der Waals surface area contributed by atoms with Gasteiger partial charge in [0.05, 0.1) is 18.4 Å². The zero-order valence-corrected chi connectivity index (χ0v) is 16.4. The number of carbonyl (C=O) groups is 2. The van der Waals surface area contributed by atoms with Crippen LogP contribution in [0.1, 0.15) is 51.3 Å². The highest BCUT2D eigenvalue weighted by Crippen LogP contribution is 2.37. The molecule has 0 aromatic heterocycles. The Kier molecular flexibility index (Phi) is 5.36. The molecule has 0 N–H and O–H groups in total. The summed E-state index contributed by atoms with van der Waals surface area (Å²) in [5.74, 6) is -0.746. The molecule has 1 aliphatic heterocycles. The van der Waals surface area contributed by atoms with Crippen molar-refractivity contribution in [1.82, 2.24) is 0 Å². The van der Waals surface area contributed by atoms with Crippen LogP contribution in [0.2, 0.25) is 0 Å². The Bertz CT molecular complexity index is 823. The van der Waals surface area contributed by atoms with Crippen molar-refractivity contribution in [3.8, 4) is 0 Å². The minimum absolute atomic E-state index is 0.0177. The average Bonchev–Trinajstić information content (AvgIpc) is 2.61. The van der Waals surface area contributed by atoms with Crippen molar-refractivity contribution >= 4 is 17.6 Å². The van der Waals surface area contributed by atoms with Crippen LogP contribution in [0, 0.1) is 5.92 Å². The number of hydrogen-bond acceptors (Lipinski definition) is 3. The van der Waals surface area contributed by atoms with Gasteiger partial charge in [-0.25, -0.2) is 0 Å². The summed E-state index contributed by atoms with van der Waals surface area (Å²) >= 11 is 0. The Labute approximate surface area is 161 Å². The molecule has 0 bridgehead atoms. The lowest BCUT2D eigenvalue weighted by Crippen LogP contribution is -2.44. The molecule has 1 amide bonds. The van der Waals surface area contributed by atoms with Crippen LogP contribution in [0.3, 0.4) is 0 Å². The molecule has 3 rings (SSSR count). The highest BCUT2D eigenvalue weighted by molar-refractivity contribution is 6.00. The third kappa shape index (κ3) is 4.38. The van der Waals surface area contributed by atoms with Crippen LogP contribution in [0.5, 0.6) is 0 Å². The van der Waals surface area contributed by atoms with Crippen LogP contribution in [0.15, 0.2) is 54.6 Å². The lowest BCUT2D eigenvalue weighted by Gasteiger charge is -2.38. The molecule has 1 heterocycles. The summed E-state index contributed by atoms with van der Waals surface area (Å²) in [6.45, 7) is 7.55. The normalized spacial score (nSPS) is 18.0. The minimum atomic E-state index is -0.552. The second-order valence-electron chi connectivity index (χ2n) is 8.12. The molecule has 142 valence electrons. The highest BCUT2D eigenvalue weighted by atomic mass is 16.6. The molecule has 1 aliphatic rings. The average molecular weight is 365 g/mol. The van der Waals surface area contributed by atoms with Gasteiger partial charge >= 0.3 is 5.97 Å². The van der Waals surface area contributed by atoms with Crippen LogP contribution >= 0.6 is 0 Å². The number of esters is 1. The predicted octanol–water partition coefficient (Wildman–Crippen LogP) is 4.68. The first-order valence-corrected chi connectivity index (χ1v) is 9.44. The summed E-state index contributed by atoms with van der Waals surface area (Å²) in [6.07, 6.45) is 0.661. The molecule has 4 nitrogen and oxygen atoms in total. The fraction of sp³-hybridized carbons (Fsp3) is 0.391. The Balaban J connectivity index is 1.90. The number of fused-ring (bicyclic) bond motifs is 1. The van der Waals surface area contributed by atoms with E-state index in [0.717, 1.165) is 16.8 Å². The number of nitrogens with zero attached hydrogens (tertiary/aromatic N) is 1. The summed E-state index contributed by atoms with van der Waals surface area (Å²) in [5, 5.41) is 0.